The number of hydrogen-bond donors (Lipinski definition) is 1. The average molecular weight is 281 g/mol. The first-order chi connectivity index (χ1) is 7.79. The van der Waals surface area contributed by atoms with Crippen molar-refractivity contribution in [2.75, 3.05) is 39.0 Å². The quantitative estimate of drug-likeness (QED) is 0.789. The Hall–Kier alpha value is 0.180. The highest BCUT2D eigenvalue weighted by molar-refractivity contribution is 8.00. The lowest BCUT2D eigenvalue weighted by molar-refractivity contribution is 0.343. The second-order valence-electron chi connectivity index (χ2n) is 4.91. The van der Waals surface area contributed by atoms with Crippen LogP contribution in [-0.4, -0.2) is 60.8 Å². The topological polar surface area (TPSA) is 66.6 Å². The van der Waals surface area contributed by atoms with Crippen LogP contribution in [0, 0.1) is 0 Å². The standard InChI is InChI=1S/C10H23N3O2S2/c1-10(2)9-13(7-8-16-10)17(14,15)12(3)6-4-5-11/h4-9,11H2,1-3H3. The molecule has 1 aliphatic heterocycles. The molecule has 2 N–H and O–H groups in total. The Morgan fingerprint density at radius 1 is 1.47 bits per heavy atom. The molecule has 0 aromatic carbocycles. The molecule has 0 aromatic heterocycles. The first kappa shape index (κ1) is 15.2. The zero-order valence-corrected chi connectivity index (χ0v) is 12.5. The molecule has 1 heterocycles. The van der Waals surface area contributed by atoms with E-state index in [0.717, 1.165) is 5.75 Å². The van der Waals surface area contributed by atoms with Gasteiger partial charge in [0.15, 0.2) is 0 Å². The van der Waals surface area contributed by atoms with Gasteiger partial charge in [-0.15, -0.1) is 0 Å². The Morgan fingerprint density at radius 3 is 2.65 bits per heavy atom. The molecule has 0 aromatic rings. The molecule has 0 bridgehead atoms. The van der Waals surface area contributed by atoms with Gasteiger partial charge in [0.2, 0.25) is 0 Å². The summed E-state index contributed by atoms with van der Waals surface area (Å²) in [7, 11) is -1.68. The maximum absolute atomic E-state index is 12.3. The Bertz CT molecular complexity index is 343. The van der Waals surface area contributed by atoms with Crippen molar-refractivity contribution < 1.29 is 8.42 Å². The average Bonchev–Trinajstić information content (AvgIpc) is 2.24. The molecule has 5 nitrogen and oxygen atoms in total. The summed E-state index contributed by atoms with van der Waals surface area (Å²) in [6, 6.07) is 0. The van der Waals surface area contributed by atoms with Gasteiger partial charge in [-0.3, -0.25) is 0 Å². The number of hydrogen-bond acceptors (Lipinski definition) is 4. The molecule has 0 unspecified atom stereocenters. The first-order valence-corrected chi connectivity index (χ1v) is 8.23. The molecule has 1 fully saturated rings. The van der Waals surface area contributed by atoms with Gasteiger partial charge in [-0.05, 0) is 26.8 Å². The second-order valence-corrected chi connectivity index (χ2v) is 8.75. The molecule has 102 valence electrons. The van der Waals surface area contributed by atoms with Crippen LogP contribution in [0.15, 0.2) is 0 Å². The lowest BCUT2D eigenvalue weighted by atomic mass is 10.2. The molecule has 0 atom stereocenters. The van der Waals surface area contributed by atoms with Gasteiger partial charge in [-0.2, -0.15) is 28.8 Å². The van der Waals surface area contributed by atoms with E-state index in [0.29, 0.717) is 32.6 Å². The normalized spacial score (nSPS) is 21.9. The molecule has 0 amide bonds. The molecule has 0 spiro atoms. The van der Waals surface area contributed by atoms with E-state index in [4.69, 9.17) is 5.73 Å². The Morgan fingerprint density at radius 2 is 2.12 bits per heavy atom. The third kappa shape index (κ3) is 4.10. The summed E-state index contributed by atoms with van der Waals surface area (Å²) in [6.45, 7) is 6.35. The van der Waals surface area contributed by atoms with Gasteiger partial charge in [0.25, 0.3) is 10.2 Å². The lowest BCUT2D eigenvalue weighted by Gasteiger charge is -2.38. The molecule has 0 saturated carbocycles. The predicted molar refractivity (Wildman–Crippen MR) is 73.3 cm³/mol. The summed E-state index contributed by atoms with van der Waals surface area (Å²) in [5, 5.41) is 0. The van der Waals surface area contributed by atoms with Crippen LogP contribution in [0.25, 0.3) is 0 Å². The highest BCUT2D eigenvalue weighted by Crippen LogP contribution is 2.31. The van der Waals surface area contributed by atoms with Crippen LogP contribution < -0.4 is 5.73 Å². The Balaban J connectivity index is 2.69. The summed E-state index contributed by atoms with van der Waals surface area (Å²) in [4.78, 5) is 0. The highest BCUT2D eigenvalue weighted by Gasteiger charge is 2.35. The van der Waals surface area contributed by atoms with E-state index in [1.165, 1.54) is 4.31 Å². The van der Waals surface area contributed by atoms with E-state index in [-0.39, 0.29) is 4.75 Å². The zero-order valence-electron chi connectivity index (χ0n) is 10.8. The van der Waals surface area contributed by atoms with Crippen molar-refractivity contribution >= 4 is 22.0 Å². The van der Waals surface area contributed by atoms with Crippen molar-refractivity contribution in [1.82, 2.24) is 8.61 Å². The van der Waals surface area contributed by atoms with Crippen molar-refractivity contribution in [3.8, 4) is 0 Å². The minimum atomic E-state index is -3.31. The van der Waals surface area contributed by atoms with Crippen LogP contribution >= 0.6 is 11.8 Å². The monoisotopic (exact) mass is 281 g/mol. The van der Waals surface area contributed by atoms with Crippen molar-refractivity contribution in [2.45, 2.75) is 25.0 Å². The van der Waals surface area contributed by atoms with Crippen molar-refractivity contribution in [1.29, 1.82) is 0 Å². The lowest BCUT2D eigenvalue weighted by Crippen LogP contribution is -2.51. The predicted octanol–water partition coefficient (Wildman–Crippen LogP) is 0.339. The number of nitrogens with zero attached hydrogens (tertiary/aromatic N) is 2. The van der Waals surface area contributed by atoms with E-state index >= 15 is 0 Å². The molecule has 1 rings (SSSR count). The van der Waals surface area contributed by atoms with Crippen LogP contribution in [0.2, 0.25) is 0 Å². The molecule has 0 radical (unpaired) electrons. The van der Waals surface area contributed by atoms with Gasteiger partial charge in [0.05, 0.1) is 0 Å². The largest absolute Gasteiger partial charge is 0.330 e. The fraction of sp³-hybridized carbons (Fsp3) is 1.00. The third-order valence-electron chi connectivity index (χ3n) is 2.79. The smallest absolute Gasteiger partial charge is 0.281 e. The highest BCUT2D eigenvalue weighted by atomic mass is 32.2. The van der Waals surface area contributed by atoms with Gasteiger partial charge in [0.1, 0.15) is 0 Å². The first-order valence-electron chi connectivity index (χ1n) is 5.85. The molecule has 7 heteroatoms. The van der Waals surface area contributed by atoms with Gasteiger partial charge in [0, 0.05) is 37.2 Å². The van der Waals surface area contributed by atoms with Crippen LogP contribution in [0.5, 0.6) is 0 Å². The fourth-order valence-electron chi connectivity index (χ4n) is 1.80. The molecular weight excluding hydrogens is 258 g/mol. The molecule has 17 heavy (non-hydrogen) atoms. The minimum Gasteiger partial charge on any atom is -0.330 e. The Labute approximate surface area is 109 Å². The summed E-state index contributed by atoms with van der Waals surface area (Å²) in [6.07, 6.45) is 0.696. The summed E-state index contributed by atoms with van der Waals surface area (Å²) in [5.74, 6) is 0.858. The van der Waals surface area contributed by atoms with Crippen LogP contribution in [0.1, 0.15) is 20.3 Å². The number of nitrogens with two attached hydrogens (primary N) is 1. The van der Waals surface area contributed by atoms with Crippen molar-refractivity contribution in [3.63, 3.8) is 0 Å². The van der Waals surface area contributed by atoms with E-state index < -0.39 is 10.2 Å². The van der Waals surface area contributed by atoms with E-state index in [1.54, 1.807) is 11.4 Å². The third-order valence-corrected chi connectivity index (χ3v) is 6.02. The van der Waals surface area contributed by atoms with E-state index in [1.807, 2.05) is 11.8 Å². The fourth-order valence-corrected chi connectivity index (χ4v) is 4.67. The maximum Gasteiger partial charge on any atom is 0.281 e. The molecular formula is C10H23N3O2S2. The van der Waals surface area contributed by atoms with Crippen LogP contribution in [0.3, 0.4) is 0 Å². The summed E-state index contributed by atoms with van der Waals surface area (Å²) in [5.41, 5.74) is 5.40. The van der Waals surface area contributed by atoms with E-state index in [2.05, 4.69) is 13.8 Å². The minimum absolute atomic E-state index is 0.0000272. The molecule has 0 aliphatic carbocycles. The number of rotatable bonds is 5. The van der Waals surface area contributed by atoms with Gasteiger partial charge >= 0.3 is 0 Å². The molecule has 1 aliphatic rings. The summed E-state index contributed by atoms with van der Waals surface area (Å²) < 4.78 is 27.6. The van der Waals surface area contributed by atoms with Crippen LogP contribution in [0.4, 0.5) is 0 Å². The zero-order chi connectivity index (χ0) is 13.1. The van der Waals surface area contributed by atoms with E-state index in [9.17, 15) is 8.42 Å². The summed E-state index contributed by atoms with van der Waals surface area (Å²) >= 11 is 1.83. The maximum atomic E-state index is 12.3. The SMILES string of the molecule is CN(CCCN)S(=O)(=O)N1CCSC(C)(C)C1. The Kier molecular flexibility index (Phi) is 5.27. The van der Waals surface area contributed by atoms with Gasteiger partial charge in [-0.1, -0.05) is 0 Å². The molecule has 1 saturated heterocycles. The van der Waals surface area contributed by atoms with Crippen molar-refractivity contribution in [3.05, 3.63) is 0 Å². The second kappa shape index (κ2) is 5.88. The number of thioether (sulfide) groups is 1. The van der Waals surface area contributed by atoms with Gasteiger partial charge < -0.3 is 5.73 Å². The van der Waals surface area contributed by atoms with Crippen molar-refractivity contribution in [2.24, 2.45) is 5.73 Å². The van der Waals surface area contributed by atoms with Crippen LogP contribution in [-0.2, 0) is 10.2 Å². The van der Waals surface area contributed by atoms with Gasteiger partial charge in [-0.25, -0.2) is 0 Å².